The van der Waals surface area contributed by atoms with Gasteiger partial charge in [-0.3, -0.25) is 14.5 Å². The van der Waals surface area contributed by atoms with Crippen molar-refractivity contribution in [3.8, 4) is 0 Å². The smallest absolute Gasteiger partial charge is 0.238 e. The molecule has 0 aliphatic carbocycles. The molecule has 0 aromatic heterocycles. The second kappa shape index (κ2) is 10.6. The first-order valence-electron chi connectivity index (χ1n) is 9.79. The van der Waals surface area contributed by atoms with E-state index in [9.17, 15) is 9.59 Å². The first-order chi connectivity index (χ1) is 13.4. The van der Waals surface area contributed by atoms with Crippen LogP contribution in [0, 0.1) is 13.8 Å². The Labute approximate surface area is 168 Å². The number of benzene rings is 2. The maximum atomic E-state index is 12.5. The predicted molar refractivity (Wildman–Crippen MR) is 114 cm³/mol. The van der Waals surface area contributed by atoms with Gasteiger partial charge < -0.3 is 10.6 Å². The van der Waals surface area contributed by atoms with Crippen LogP contribution in [0.1, 0.15) is 42.5 Å². The molecule has 0 spiro atoms. The summed E-state index contributed by atoms with van der Waals surface area (Å²) in [4.78, 5) is 26.5. The summed E-state index contributed by atoms with van der Waals surface area (Å²) in [7, 11) is 1.78. The molecule has 28 heavy (non-hydrogen) atoms. The van der Waals surface area contributed by atoms with Crippen molar-refractivity contribution in [3.05, 3.63) is 65.2 Å². The van der Waals surface area contributed by atoms with E-state index in [0.717, 1.165) is 35.2 Å². The molecule has 0 bridgehead atoms. The molecule has 2 aromatic rings. The molecule has 0 aliphatic heterocycles. The van der Waals surface area contributed by atoms with Crippen molar-refractivity contribution in [2.75, 3.05) is 25.5 Å². The lowest BCUT2D eigenvalue weighted by Crippen LogP contribution is -2.40. The first kappa shape index (κ1) is 21.6. The maximum absolute atomic E-state index is 12.5. The summed E-state index contributed by atoms with van der Waals surface area (Å²) in [6.45, 7) is 6.43. The van der Waals surface area contributed by atoms with Crippen molar-refractivity contribution in [2.45, 2.75) is 39.7 Å². The molecule has 1 atom stereocenters. The number of carbonyl (C=O) groups excluding carboxylic acids is 2. The molecule has 2 N–H and O–H groups in total. The predicted octanol–water partition coefficient (Wildman–Crippen LogP) is 3.83. The van der Waals surface area contributed by atoms with E-state index in [2.05, 4.69) is 17.6 Å². The molecular weight excluding hydrogens is 350 g/mol. The minimum atomic E-state index is -0.128. The van der Waals surface area contributed by atoms with E-state index in [1.807, 2.05) is 62.4 Å². The molecule has 0 radical (unpaired) electrons. The molecule has 150 valence electrons. The number of amides is 2. The van der Waals surface area contributed by atoms with E-state index in [4.69, 9.17) is 0 Å². The second-order valence-corrected chi connectivity index (χ2v) is 7.29. The fourth-order valence-electron chi connectivity index (χ4n) is 3.16. The van der Waals surface area contributed by atoms with Crippen molar-refractivity contribution in [1.29, 1.82) is 0 Å². The van der Waals surface area contributed by atoms with Gasteiger partial charge in [-0.2, -0.15) is 0 Å². The van der Waals surface area contributed by atoms with Gasteiger partial charge in [0.2, 0.25) is 11.8 Å². The zero-order valence-electron chi connectivity index (χ0n) is 17.3. The fraction of sp³-hybridized carbons (Fsp3) is 0.391. The third-order valence-electron chi connectivity index (χ3n) is 4.82. The summed E-state index contributed by atoms with van der Waals surface area (Å²) in [5.41, 5.74) is 4.11. The van der Waals surface area contributed by atoms with E-state index in [1.165, 1.54) is 0 Å². The van der Waals surface area contributed by atoms with Crippen molar-refractivity contribution in [3.63, 3.8) is 0 Å². The van der Waals surface area contributed by atoms with Crippen LogP contribution in [0.25, 0.3) is 0 Å². The van der Waals surface area contributed by atoms with Crippen LogP contribution < -0.4 is 10.6 Å². The molecule has 2 aromatic carbocycles. The molecular formula is C23H31N3O2. The summed E-state index contributed by atoms with van der Waals surface area (Å²) in [5, 5.41) is 6.02. The highest BCUT2D eigenvalue weighted by Gasteiger charge is 2.16. The van der Waals surface area contributed by atoms with Crippen LogP contribution in [0.4, 0.5) is 5.69 Å². The average Bonchev–Trinajstić information content (AvgIpc) is 2.65. The summed E-state index contributed by atoms with van der Waals surface area (Å²) < 4.78 is 0. The highest BCUT2D eigenvalue weighted by Crippen LogP contribution is 2.19. The Morgan fingerprint density at radius 3 is 2.32 bits per heavy atom. The van der Waals surface area contributed by atoms with E-state index in [0.29, 0.717) is 0 Å². The zero-order valence-corrected chi connectivity index (χ0v) is 17.3. The molecule has 2 rings (SSSR count). The van der Waals surface area contributed by atoms with E-state index in [-0.39, 0.29) is 30.9 Å². The van der Waals surface area contributed by atoms with Gasteiger partial charge in [-0.05, 0) is 50.1 Å². The van der Waals surface area contributed by atoms with Gasteiger partial charge >= 0.3 is 0 Å². The van der Waals surface area contributed by atoms with Gasteiger partial charge in [-0.15, -0.1) is 0 Å². The molecule has 0 aliphatic rings. The molecule has 5 heteroatoms. The first-order valence-corrected chi connectivity index (χ1v) is 9.79. The van der Waals surface area contributed by atoms with Crippen LogP contribution in [0.3, 0.4) is 0 Å². The Bertz CT molecular complexity index is 790. The standard InChI is InChI=1S/C23H31N3O2/c1-5-10-21(19-12-7-6-8-13-19)25-23(28)16-26(4)15-22(27)24-20-14-9-11-17(2)18(20)3/h6-9,11-14,21H,5,10,15-16H2,1-4H3,(H,24,27)(H,25,28)/t21-/m1/s1. The van der Waals surface area contributed by atoms with Gasteiger partial charge in [0.15, 0.2) is 0 Å². The number of carbonyl (C=O) groups is 2. The number of nitrogens with zero attached hydrogens (tertiary/aromatic N) is 1. The van der Waals surface area contributed by atoms with Crippen LogP contribution in [0.5, 0.6) is 0 Å². The van der Waals surface area contributed by atoms with E-state index in [1.54, 1.807) is 11.9 Å². The molecule has 0 saturated carbocycles. The number of anilines is 1. The van der Waals surface area contributed by atoms with Gasteiger partial charge in [0, 0.05) is 5.69 Å². The Hall–Kier alpha value is -2.66. The maximum Gasteiger partial charge on any atom is 0.238 e. The molecule has 0 heterocycles. The lowest BCUT2D eigenvalue weighted by Gasteiger charge is -2.21. The minimum absolute atomic E-state index is 0.00382. The summed E-state index contributed by atoms with van der Waals surface area (Å²) in [5.74, 6) is -0.207. The SMILES string of the molecule is CCC[C@@H](NC(=O)CN(C)CC(=O)Nc1cccc(C)c1C)c1ccccc1. The van der Waals surface area contributed by atoms with Crippen LogP contribution in [-0.2, 0) is 9.59 Å². The van der Waals surface area contributed by atoms with Crippen molar-refractivity contribution >= 4 is 17.5 Å². The summed E-state index contributed by atoms with van der Waals surface area (Å²) in [6.07, 6.45) is 1.86. The number of likely N-dealkylation sites (N-methyl/N-ethyl adjacent to an activating group) is 1. The molecule has 0 unspecified atom stereocenters. The Balaban J connectivity index is 1.87. The van der Waals surface area contributed by atoms with Crippen LogP contribution in [0.15, 0.2) is 48.5 Å². The number of aryl methyl sites for hydroxylation is 1. The highest BCUT2D eigenvalue weighted by molar-refractivity contribution is 5.93. The van der Waals surface area contributed by atoms with Gasteiger partial charge in [-0.1, -0.05) is 55.8 Å². The average molecular weight is 382 g/mol. The van der Waals surface area contributed by atoms with Gasteiger partial charge in [0.05, 0.1) is 19.1 Å². The number of nitrogens with one attached hydrogen (secondary N) is 2. The van der Waals surface area contributed by atoms with Crippen molar-refractivity contribution in [2.24, 2.45) is 0 Å². The second-order valence-electron chi connectivity index (χ2n) is 7.29. The topological polar surface area (TPSA) is 61.4 Å². The Kier molecular flexibility index (Phi) is 8.20. The van der Waals surface area contributed by atoms with E-state index >= 15 is 0 Å². The third-order valence-corrected chi connectivity index (χ3v) is 4.82. The number of rotatable bonds is 9. The van der Waals surface area contributed by atoms with Crippen LogP contribution in [0.2, 0.25) is 0 Å². The monoisotopic (exact) mass is 381 g/mol. The van der Waals surface area contributed by atoms with Gasteiger partial charge in [0.25, 0.3) is 0 Å². The summed E-state index contributed by atoms with van der Waals surface area (Å²) in [6, 6.07) is 15.8. The third kappa shape index (κ3) is 6.50. The summed E-state index contributed by atoms with van der Waals surface area (Å²) >= 11 is 0. The largest absolute Gasteiger partial charge is 0.348 e. The fourth-order valence-corrected chi connectivity index (χ4v) is 3.16. The quantitative estimate of drug-likeness (QED) is 0.694. The van der Waals surface area contributed by atoms with Crippen LogP contribution >= 0.6 is 0 Å². The van der Waals surface area contributed by atoms with Gasteiger partial charge in [0.1, 0.15) is 0 Å². The molecule has 5 nitrogen and oxygen atoms in total. The molecule has 0 fully saturated rings. The molecule has 0 saturated heterocycles. The zero-order chi connectivity index (χ0) is 20.5. The lowest BCUT2D eigenvalue weighted by molar-refractivity contribution is -0.123. The lowest BCUT2D eigenvalue weighted by atomic mass is 10.0. The van der Waals surface area contributed by atoms with Crippen molar-refractivity contribution < 1.29 is 9.59 Å². The Morgan fingerprint density at radius 1 is 0.964 bits per heavy atom. The normalized spacial score (nSPS) is 11.9. The van der Waals surface area contributed by atoms with Crippen LogP contribution in [-0.4, -0.2) is 36.9 Å². The number of hydrogen-bond donors (Lipinski definition) is 2. The highest BCUT2D eigenvalue weighted by atomic mass is 16.2. The molecule has 2 amide bonds. The Morgan fingerprint density at radius 2 is 1.64 bits per heavy atom. The number of hydrogen-bond acceptors (Lipinski definition) is 3. The van der Waals surface area contributed by atoms with Gasteiger partial charge in [-0.25, -0.2) is 0 Å². The van der Waals surface area contributed by atoms with Crippen molar-refractivity contribution in [1.82, 2.24) is 10.2 Å². The van der Waals surface area contributed by atoms with E-state index < -0.39 is 0 Å². The minimum Gasteiger partial charge on any atom is -0.348 e.